The lowest BCUT2D eigenvalue weighted by Crippen LogP contribution is -2.39. The Hall–Kier alpha value is -4.55. The predicted octanol–water partition coefficient (Wildman–Crippen LogP) is 8.48. The van der Waals surface area contributed by atoms with Gasteiger partial charge in [-0.25, -0.2) is 8.78 Å². The Morgan fingerprint density at radius 3 is 2.39 bits per heavy atom. The number of carbonyl (C=O) groups excluding carboxylic acids is 1. The molecule has 0 bridgehead atoms. The van der Waals surface area contributed by atoms with Gasteiger partial charge in [0.1, 0.15) is 0 Å². The minimum absolute atomic E-state index is 0.175. The molecule has 0 aliphatic carbocycles. The lowest BCUT2D eigenvalue weighted by atomic mass is 9.97. The van der Waals surface area contributed by atoms with E-state index in [1.165, 1.54) is 30.5 Å². The fourth-order valence-electron chi connectivity index (χ4n) is 6.50. The Balaban J connectivity index is 1.22. The third-order valence-corrected chi connectivity index (χ3v) is 9.40. The van der Waals surface area contributed by atoms with E-state index in [2.05, 4.69) is 25.4 Å². The number of nitrogens with zero attached hydrogens (tertiary/aromatic N) is 3. The number of amides is 1. The van der Waals surface area contributed by atoms with Crippen LogP contribution in [0.15, 0.2) is 85.1 Å². The molecule has 3 heterocycles. The van der Waals surface area contributed by atoms with Crippen molar-refractivity contribution in [2.75, 3.05) is 68.0 Å². The molecule has 3 aromatic carbocycles. The number of benzene rings is 3. The van der Waals surface area contributed by atoms with Gasteiger partial charge in [-0.1, -0.05) is 24.3 Å². The minimum Gasteiger partial charge on any atom is -0.384 e. The predicted molar refractivity (Wildman–Crippen MR) is 190 cm³/mol. The van der Waals surface area contributed by atoms with Crippen molar-refractivity contribution in [1.82, 2.24) is 9.88 Å². The third kappa shape index (κ3) is 9.62. The van der Waals surface area contributed by atoms with Crippen molar-refractivity contribution in [2.45, 2.75) is 44.2 Å². The number of anilines is 3. The van der Waals surface area contributed by atoms with E-state index in [9.17, 15) is 18.0 Å². The Morgan fingerprint density at radius 1 is 0.824 bits per heavy atom. The molecule has 0 saturated carbocycles. The Morgan fingerprint density at radius 2 is 1.61 bits per heavy atom. The molecular weight excluding hydrogens is 665 g/mol. The standard InChI is InChI=1S/C39H42F5N5O2/c40-38(41,14-12-28-6-4-8-31(24-28)39(42,43)44)30-13-15-46-36(26-30)34-27-33(49-17-2-1-3-18-49)10-11-35(34)47-37(50)29-7-5-9-32(25-29)45-16-19-48-20-22-51-23-21-48/h4-11,13,15,24-27,45H,1-3,12,14,16-23H2,(H,47,50). The van der Waals surface area contributed by atoms with Crippen LogP contribution in [0.25, 0.3) is 11.3 Å². The van der Waals surface area contributed by atoms with Crippen LogP contribution in [-0.4, -0.2) is 68.3 Å². The number of halogens is 5. The lowest BCUT2D eigenvalue weighted by molar-refractivity contribution is -0.137. The van der Waals surface area contributed by atoms with Gasteiger partial charge >= 0.3 is 6.18 Å². The van der Waals surface area contributed by atoms with Crippen LogP contribution in [0.1, 0.15) is 52.7 Å². The second-order valence-corrected chi connectivity index (χ2v) is 13.0. The van der Waals surface area contributed by atoms with E-state index in [-0.39, 0.29) is 29.1 Å². The van der Waals surface area contributed by atoms with Crippen molar-refractivity contribution >= 4 is 23.0 Å². The third-order valence-electron chi connectivity index (χ3n) is 9.40. The van der Waals surface area contributed by atoms with Gasteiger partial charge in [-0.2, -0.15) is 13.2 Å². The second-order valence-electron chi connectivity index (χ2n) is 13.0. The molecule has 4 aromatic rings. The van der Waals surface area contributed by atoms with Crippen LogP contribution in [0.2, 0.25) is 0 Å². The summed E-state index contributed by atoms with van der Waals surface area (Å²) in [6.07, 6.45) is -0.983. The Kier molecular flexibility index (Phi) is 11.5. The SMILES string of the molecule is O=C(Nc1ccc(N2CCCCC2)cc1-c1cc(C(F)(F)CCc2cccc(C(F)(F)F)c2)ccn1)c1cccc(NCCN2CCOCC2)c1. The van der Waals surface area contributed by atoms with Crippen molar-refractivity contribution < 1.29 is 31.5 Å². The monoisotopic (exact) mass is 707 g/mol. The maximum absolute atomic E-state index is 15.7. The lowest BCUT2D eigenvalue weighted by Gasteiger charge is -2.29. The molecule has 0 radical (unpaired) electrons. The van der Waals surface area contributed by atoms with Gasteiger partial charge in [-0.05, 0) is 85.8 Å². The average molecular weight is 708 g/mol. The van der Waals surface area contributed by atoms with Crippen LogP contribution >= 0.6 is 0 Å². The topological polar surface area (TPSA) is 69.7 Å². The molecule has 2 aliphatic heterocycles. The first-order valence-corrected chi connectivity index (χ1v) is 17.4. The number of nitrogens with one attached hydrogen (secondary N) is 2. The van der Waals surface area contributed by atoms with Gasteiger partial charge in [0.05, 0.1) is 30.2 Å². The van der Waals surface area contributed by atoms with Crippen molar-refractivity contribution in [3.05, 3.63) is 107 Å². The molecule has 1 amide bonds. The zero-order chi connectivity index (χ0) is 35.8. The summed E-state index contributed by atoms with van der Waals surface area (Å²) in [5.41, 5.74) is 2.29. The van der Waals surface area contributed by atoms with Crippen molar-refractivity contribution in [3.8, 4) is 11.3 Å². The Labute approximate surface area is 294 Å². The van der Waals surface area contributed by atoms with E-state index in [0.717, 1.165) is 88.7 Å². The molecule has 51 heavy (non-hydrogen) atoms. The molecule has 2 aliphatic rings. The van der Waals surface area contributed by atoms with Crippen LogP contribution in [0.3, 0.4) is 0 Å². The first-order valence-electron chi connectivity index (χ1n) is 17.4. The van der Waals surface area contributed by atoms with Crippen LogP contribution in [0, 0.1) is 0 Å². The highest BCUT2D eigenvalue weighted by atomic mass is 19.4. The van der Waals surface area contributed by atoms with Crippen molar-refractivity contribution in [3.63, 3.8) is 0 Å². The zero-order valence-electron chi connectivity index (χ0n) is 28.3. The zero-order valence-corrected chi connectivity index (χ0v) is 28.3. The summed E-state index contributed by atoms with van der Waals surface area (Å²) in [4.78, 5) is 22.6. The van der Waals surface area contributed by atoms with Gasteiger partial charge in [0, 0.05) is 80.0 Å². The number of aromatic nitrogens is 1. The molecule has 1 aromatic heterocycles. The van der Waals surface area contributed by atoms with Gasteiger partial charge in [-0.15, -0.1) is 0 Å². The van der Waals surface area contributed by atoms with Crippen LogP contribution in [0.5, 0.6) is 0 Å². The van der Waals surface area contributed by atoms with Crippen LogP contribution in [0.4, 0.5) is 39.0 Å². The number of piperidine rings is 1. The molecule has 6 rings (SSSR count). The highest BCUT2D eigenvalue weighted by molar-refractivity contribution is 6.07. The molecule has 7 nitrogen and oxygen atoms in total. The number of carbonyl (C=O) groups is 1. The number of aryl methyl sites for hydroxylation is 1. The molecule has 270 valence electrons. The van der Waals surface area contributed by atoms with Crippen LogP contribution < -0.4 is 15.5 Å². The number of pyridine rings is 1. The molecule has 0 spiro atoms. The smallest absolute Gasteiger partial charge is 0.384 e. The minimum atomic E-state index is -4.56. The molecule has 0 atom stereocenters. The summed E-state index contributed by atoms with van der Waals surface area (Å²) in [7, 11) is 0. The molecule has 2 fully saturated rings. The van der Waals surface area contributed by atoms with Crippen molar-refractivity contribution in [2.24, 2.45) is 0 Å². The Bertz CT molecular complexity index is 1790. The largest absolute Gasteiger partial charge is 0.416 e. The number of hydrogen-bond acceptors (Lipinski definition) is 6. The van der Waals surface area contributed by atoms with Gasteiger partial charge in [-0.3, -0.25) is 14.7 Å². The van der Waals surface area contributed by atoms with Crippen molar-refractivity contribution in [1.29, 1.82) is 0 Å². The number of morpholine rings is 1. The first kappa shape index (κ1) is 36.2. The summed E-state index contributed by atoms with van der Waals surface area (Å²) in [6.45, 7) is 6.50. The molecule has 12 heteroatoms. The van der Waals surface area contributed by atoms with E-state index in [0.29, 0.717) is 23.4 Å². The number of hydrogen-bond donors (Lipinski definition) is 2. The molecular formula is C39H42F5N5O2. The highest BCUT2D eigenvalue weighted by Crippen LogP contribution is 2.38. The number of rotatable bonds is 12. The van der Waals surface area contributed by atoms with E-state index in [1.807, 2.05) is 18.2 Å². The quantitative estimate of drug-likeness (QED) is 0.144. The first-order chi connectivity index (χ1) is 24.5. The average Bonchev–Trinajstić information content (AvgIpc) is 3.15. The van der Waals surface area contributed by atoms with Crippen LogP contribution in [-0.2, 0) is 23.3 Å². The normalized spacial score (nSPS) is 15.8. The van der Waals surface area contributed by atoms with E-state index in [4.69, 9.17) is 4.74 Å². The van der Waals surface area contributed by atoms with Gasteiger partial charge in [0.25, 0.3) is 11.8 Å². The fraction of sp³-hybridized carbons (Fsp3) is 0.385. The number of ether oxygens (including phenoxy) is 1. The number of alkyl halides is 5. The van der Waals surface area contributed by atoms with Gasteiger partial charge in [0.2, 0.25) is 0 Å². The van der Waals surface area contributed by atoms with Gasteiger partial charge in [0.15, 0.2) is 0 Å². The molecule has 0 unspecified atom stereocenters. The maximum atomic E-state index is 15.7. The van der Waals surface area contributed by atoms with E-state index < -0.39 is 24.1 Å². The molecule has 2 N–H and O–H groups in total. The second kappa shape index (κ2) is 16.2. The highest BCUT2D eigenvalue weighted by Gasteiger charge is 2.33. The summed E-state index contributed by atoms with van der Waals surface area (Å²) in [5, 5.41) is 6.37. The summed E-state index contributed by atoms with van der Waals surface area (Å²) in [6, 6.07) is 19.8. The summed E-state index contributed by atoms with van der Waals surface area (Å²) in [5.74, 6) is -3.71. The van der Waals surface area contributed by atoms with E-state index in [1.54, 1.807) is 24.3 Å². The fourth-order valence-corrected chi connectivity index (χ4v) is 6.50. The molecule has 2 saturated heterocycles. The summed E-state index contributed by atoms with van der Waals surface area (Å²) < 4.78 is 76.3. The van der Waals surface area contributed by atoms with E-state index >= 15 is 8.78 Å². The maximum Gasteiger partial charge on any atom is 0.416 e. The van der Waals surface area contributed by atoms with Gasteiger partial charge < -0.3 is 20.3 Å². The summed E-state index contributed by atoms with van der Waals surface area (Å²) >= 11 is 0.